The molecule has 0 amide bonds. The summed E-state index contributed by atoms with van der Waals surface area (Å²) in [6.45, 7) is 9.80. The van der Waals surface area contributed by atoms with E-state index >= 15 is 0 Å². The molecule has 2 aliphatic heterocycles. The van der Waals surface area contributed by atoms with Crippen LogP contribution in [0.5, 0.6) is 0 Å². The number of hydrogen-bond donors (Lipinski definition) is 8. The second-order valence-electron chi connectivity index (χ2n) is 34.8. The molecule has 6 aromatic rings. The highest BCUT2D eigenvalue weighted by molar-refractivity contribution is 5.71. The maximum Gasteiger partial charge on any atom is 0.317 e. The molecule has 742 valence electrons. The Bertz CT molecular complexity index is 3820. The Labute approximate surface area is 790 Å². The molecule has 2 heterocycles. The molecule has 6 aromatic carbocycles. The van der Waals surface area contributed by atoms with Crippen molar-refractivity contribution in [3.8, 4) is 0 Å². The van der Waals surface area contributed by atoms with E-state index in [1.54, 1.807) is 29.4 Å². The predicted octanol–water partition coefficient (Wildman–Crippen LogP) is 6.16. The Morgan fingerprint density at radius 1 is 0.261 bits per heavy atom. The van der Waals surface area contributed by atoms with Crippen LogP contribution in [0, 0.1) is 11.8 Å². The molecular weight excluding hydrogens is 1730 g/mol. The van der Waals surface area contributed by atoms with E-state index in [4.69, 9.17) is 47.4 Å². The molecule has 134 heavy (non-hydrogen) atoms. The van der Waals surface area contributed by atoms with Gasteiger partial charge in [-0.3, -0.25) is 77.8 Å². The van der Waals surface area contributed by atoms with Crippen molar-refractivity contribution < 1.29 is 117 Å². The van der Waals surface area contributed by atoms with Gasteiger partial charge in [0.15, 0.2) is 0 Å². The topological polar surface area (TPSA) is 389 Å². The van der Waals surface area contributed by atoms with E-state index in [1.807, 2.05) is 192 Å². The fraction of sp³-hybridized carbons (Fsp3) is 0.580. The molecule has 2 saturated heterocycles. The highest BCUT2D eigenvalue weighted by Crippen LogP contribution is 2.19. The maximum absolute atomic E-state index is 13.2. The summed E-state index contributed by atoms with van der Waals surface area (Å²) in [5, 5.41) is 87.2. The predicted molar refractivity (Wildman–Crippen MR) is 505 cm³/mol. The fourth-order valence-electron chi connectivity index (χ4n) is 16.1. The number of aliphatic hydroxyl groups is 2. The normalized spacial score (nSPS) is 16.1. The average Bonchev–Trinajstić information content (AvgIpc) is 0.884. The van der Waals surface area contributed by atoms with Crippen LogP contribution in [0.15, 0.2) is 182 Å². The van der Waals surface area contributed by atoms with Crippen LogP contribution in [0.1, 0.15) is 60.1 Å². The highest BCUT2D eigenvalue weighted by Gasteiger charge is 2.31. The third-order valence-electron chi connectivity index (χ3n) is 23.3. The number of nitrogens with zero attached hydrogens (tertiary/aromatic N) is 10. The van der Waals surface area contributed by atoms with Crippen molar-refractivity contribution in [2.45, 2.75) is 103 Å². The molecule has 0 bridgehead atoms. The van der Waals surface area contributed by atoms with E-state index in [0.717, 1.165) is 46.2 Å². The van der Waals surface area contributed by atoms with Gasteiger partial charge in [0, 0.05) is 169 Å². The number of rotatable bonds is 65. The van der Waals surface area contributed by atoms with E-state index in [1.165, 1.54) is 0 Å². The van der Waals surface area contributed by atoms with Gasteiger partial charge in [-0.25, -0.2) is 0 Å². The number of carbonyl (C=O) groups is 6. The molecule has 0 aliphatic carbocycles. The van der Waals surface area contributed by atoms with Gasteiger partial charge in [0.1, 0.15) is 18.3 Å². The van der Waals surface area contributed by atoms with Gasteiger partial charge in [-0.2, -0.15) is 0 Å². The summed E-state index contributed by atoms with van der Waals surface area (Å²) >= 11 is 0. The van der Waals surface area contributed by atoms with Crippen molar-refractivity contribution in [2.75, 3.05) is 262 Å². The third-order valence-corrected chi connectivity index (χ3v) is 23.3. The van der Waals surface area contributed by atoms with Crippen molar-refractivity contribution in [3.63, 3.8) is 0 Å². The molecule has 34 heteroatoms. The number of aliphatic carboxylic acids is 6. The third kappa shape index (κ3) is 49.8. The second kappa shape index (κ2) is 65.9. The van der Waals surface area contributed by atoms with Crippen molar-refractivity contribution in [3.05, 3.63) is 215 Å². The first kappa shape index (κ1) is 111. The summed E-state index contributed by atoms with van der Waals surface area (Å²) in [7, 11) is 0. The lowest BCUT2D eigenvalue weighted by Gasteiger charge is -2.37. The quantitative estimate of drug-likeness (QED) is 0.0212. The lowest BCUT2D eigenvalue weighted by Crippen LogP contribution is -2.51. The Morgan fingerprint density at radius 2 is 0.440 bits per heavy atom. The molecule has 8 rings (SSSR count). The zero-order valence-electron chi connectivity index (χ0n) is 78.5. The summed E-state index contributed by atoms with van der Waals surface area (Å²) in [6, 6.07) is 59.0. The molecule has 0 saturated carbocycles. The van der Waals surface area contributed by atoms with Crippen LogP contribution in [0.4, 0.5) is 0 Å². The number of hydrogen-bond acceptors (Lipinski definition) is 28. The Kier molecular flexibility index (Phi) is 54.4. The van der Waals surface area contributed by atoms with Crippen LogP contribution in [0.2, 0.25) is 0 Å². The van der Waals surface area contributed by atoms with E-state index in [9.17, 15) is 69.6 Å². The minimum absolute atomic E-state index is 0.0122. The maximum atomic E-state index is 13.2. The Hall–Kier alpha value is -8.74. The van der Waals surface area contributed by atoms with E-state index in [0.29, 0.717) is 39.6 Å². The molecule has 3 atom stereocenters. The summed E-state index contributed by atoms with van der Waals surface area (Å²) in [4.78, 5) is 93.2. The first-order chi connectivity index (χ1) is 65.0. The van der Waals surface area contributed by atoms with Gasteiger partial charge in [-0.1, -0.05) is 196 Å². The van der Waals surface area contributed by atoms with Crippen LogP contribution < -0.4 is 0 Å². The molecule has 2 fully saturated rings. The largest absolute Gasteiger partial charge is 0.480 e. The van der Waals surface area contributed by atoms with Gasteiger partial charge in [0.25, 0.3) is 0 Å². The minimum atomic E-state index is -1.15. The fourth-order valence-corrected chi connectivity index (χ4v) is 16.1. The van der Waals surface area contributed by atoms with Crippen LogP contribution in [0.3, 0.4) is 0 Å². The van der Waals surface area contributed by atoms with Crippen molar-refractivity contribution >= 4 is 35.8 Å². The minimum Gasteiger partial charge on any atom is -0.480 e. The van der Waals surface area contributed by atoms with Crippen LogP contribution >= 0.6 is 0 Å². The van der Waals surface area contributed by atoms with Gasteiger partial charge >= 0.3 is 35.8 Å². The molecule has 0 spiro atoms. The van der Waals surface area contributed by atoms with E-state index < -0.39 is 72.3 Å². The summed E-state index contributed by atoms with van der Waals surface area (Å²) in [5.74, 6) is -7.36. The highest BCUT2D eigenvalue weighted by atomic mass is 16.6. The van der Waals surface area contributed by atoms with Gasteiger partial charge in [-0.15, -0.1) is 0 Å². The van der Waals surface area contributed by atoms with Gasteiger partial charge in [0.2, 0.25) is 0 Å². The lowest BCUT2D eigenvalue weighted by molar-refractivity contribution is -0.140. The van der Waals surface area contributed by atoms with Gasteiger partial charge in [0.05, 0.1) is 163 Å². The van der Waals surface area contributed by atoms with Crippen molar-refractivity contribution in [2.24, 2.45) is 11.8 Å². The van der Waals surface area contributed by atoms with E-state index in [-0.39, 0.29) is 274 Å². The zero-order valence-corrected chi connectivity index (χ0v) is 78.5. The average molecular weight is 1870 g/mol. The van der Waals surface area contributed by atoms with Crippen molar-refractivity contribution in [1.82, 2.24) is 49.0 Å². The zero-order chi connectivity index (χ0) is 95.5. The number of aliphatic hydroxyl groups excluding tert-OH is 2. The standard InChI is InChI=1S/C100H148N10O24/c1-3-91(4-2)131-71-87(72-132-92(75-125-65-81-23-11-5-12-24-81)76-126-66-82-25-13-6-14-26-82)53-109(57-89(111)55-101-35-39-103(59-95(113)114)43-47-107(63-99(121)122)48-44-104(40-36-101)60-96(115)116)51-52-110(58-90(112)56-102-37-41-105(61-97(117)118)45-49-108(64-100(123)124)50-46-106(42-38-102)62-98(119)120)54-88(73-133-93(77-127-67-83-27-15-7-16-28-83)78-128-68-84-29-17-8-18-30-84)74-134-94(79-129-69-85-31-19-9-20-32-85)80-130-70-86-33-21-10-22-34-86/h5-34,87-94,111-112H,3-4,35-80H2,1-2H3,(H,113,114)(H,115,116)(H,117,118)(H,119,120)(H,121,122)(H,123,124). The summed E-state index contributed by atoms with van der Waals surface area (Å²) in [5.41, 5.74) is 5.82. The Balaban J connectivity index is 1.21. The molecule has 3 unspecified atom stereocenters. The first-order valence-electron chi connectivity index (χ1n) is 47.1. The molecule has 34 nitrogen and oxygen atoms in total. The number of ether oxygens (including phenoxy) is 10. The van der Waals surface area contributed by atoms with Crippen LogP contribution in [0.25, 0.3) is 0 Å². The molecular formula is C100H148N10O24. The number of carboxylic acid groups (broad SMARTS) is 6. The van der Waals surface area contributed by atoms with Gasteiger partial charge in [-0.05, 0) is 46.2 Å². The molecule has 0 aromatic heterocycles. The van der Waals surface area contributed by atoms with Crippen LogP contribution in [-0.4, -0.2) is 425 Å². The summed E-state index contributed by atoms with van der Waals surface area (Å²) < 4.78 is 66.8. The lowest BCUT2D eigenvalue weighted by atomic mass is 10.1. The van der Waals surface area contributed by atoms with Gasteiger partial charge < -0.3 is 88.2 Å². The molecule has 8 N–H and O–H groups in total. The Morgan fingerprint density at radius 3 is 0.619 bits per heavy atom. The number of benzene rings is 6. The van der Waals surface area contributed by atoms with Crippen LogP contribution in [-0.2, 0) is 116 Å². The first-order valence-corrected chi connectivity index (χ1v) is 47.1. The SMILES string of the molecule is CCC(CC)OCC(COC(COCc1ccccc1)COCc1ccccc1)CN(CCN(CC(O)CN1CCN(CC(=O)O)CCN(CC(=O)O)CCN(CC(=O)O)CC1)CC(COC(COCc1ccccc1)COCc1ccccc1)COC(COCc1ccccc1)COCc1ccccc1)CC(O)CN1CCN(CC(=O)O)CCN(CC(=O)O)CCN(CC(=O)O)CC1. The smallest absolute Gasteiger partial charge is 0.317 e. The molecule has 2 aliphatic rings. The number of β-amino-alcohol motifs (C(OH)–C–C–N with tert-alkyl or cyclic N) is 2. The number of carboxylic acids is 6. The van der Waals surface area contributed by atoms with Crippen molar-refractivity contribution in [1.29, 1.82) is 0 Å². The van der Waals surface area contributed by atoms with E-state index in [2.05, 4.69) is 23.6 Å². The second-order valence-corrected chi connectivity index (χ2v) is 34.8. The monoisotopic (exact) mass is 1870 g/mol. The summed E-state index contributed by atoms with van der Waals surface area (Å²) in [6.07, 6.45) is -2.74. The molecule has 0 radical (unpaired) electrons.